The molecule has 0 radical (unpaired) electrons. The summed E-state index contributed by atoms with van der Waals surface area (Å²) in [5, 5.41) is 0. The molecular formula is C18H29N3O7S2. The summed E-state index contributed by atoms with van der Waals surface area (Å²) in [4.78, 5) is 11.9. The van der Waals surface area contributed by atoms with E-state index >= 15 is 0 Å². The van der Waals surface area contributed by atoms with Crippen LogP contribution in [0, 0.1) is 13.8 Å². The Morgan fingerprint density at radius 2 is 1.30 bits per heavy atom. The number of aryl methyl sites for hydroxylation is 2. The van der Waals surface area contributed by atoms with Crippen LogP contribution in [0.15, 0.2) is 9.31 Å². The molecule has 2 saturated heterocycles. The standard InChI is InChI=1S/C18H29N3O7S2/c1-14-16(18(22)27-3)17(15(2)28-14)29(23,24)19-10-12-21(13-11-19)30(25,26)20-8-6-4-5-7-9-20/h4-13H2,1-3H3. The van der Waals surface area contributed by atoms with Crippen LogP contribution in [0.1, 0.15) is 47.6 Å². The number of hydrogen-bond donors (Lipinski definition) is 0. The van der Waals surface area contributed by atoms with Gasteiger partial charge in [-0.05, 0) is 26.7 Å². The van der Waals surface area contributed by atoms with Gasteiger partial charge in [0.1, 0.15) is 22.0 Å². The van der Waals surface area contributed by atoms with Crippen LogP contribution in [-0.2, 0) is 25.0 Å². The molecule has 0 amide bonds. The fourth-order valence-electron chi connectivity index (χ4n) is 4.02. The maximum Gasteiger partial charge on any atom is 0.342 e. The third-order valence-corrected chi connectivity index (χ3v) is 9.70. The van der Waals surface area contributed by atoms with Gasteiger partial charge in [0.15, 0.2) is 0 Å². The van der Waals surface area contributed by atoms with Crippen LogP contribution in [0.2, 0.25) is 0 Å². The first-order valence-corrected chi connectivity index (χ1v) is 12.9. The summed E-state index contributed by atoms with van der Waals surface area (Å²) in [6.07, 6.45) is 3.71. The SMILES string of the molecule is COC(=O)c1c(C)oc(C)c1S(=O)(=O)N1CCN(S(=O)(=O)N2CCCCCC2)CC1. The van der Waals surface area contributed by atoms with Crippen molar-refractivity contribution in [3.63, 3.8) is 0 Å². The van der Waals surface area contributed by atoms with E-state index < -0.39 is 26.2 Å². The number of piperazine rings is 1. The lowest BCUT2D eigenvalue weighted by atomic mass is 10.2. The Labute approximate surface area is 178 Å². The third kappa shape index (κ3) is 4.28. The van der Waals surface area contributed by atoms with Crippen LogP contribution < -0.4 is 0 Å². The van der Waals surface area contributed by atoms with Gasteiger partial charge in [-0.15, -0.1) is 0 Å². The highest BCUT2D eigenvalue weighted by Crippen LogP contribution is 2.31. The molecule has 1 aromatic heterocycles. The molecule has 2 fully saturated rings. The normalized spacial score (nSPS) is 20.8. The fourth-order valence-corrected chi connectivity index (χ4v) is 7.48. The Morgan fingerprint density at radius 3 is 1.83 bits per heavy atom. The first kappa shape index (κ1) is 23.2. The Kier molecular flexibility index (Phi) is 6.92. The maximum atomic E-state index is 13.2. The number of esters is 1. The molecule has 0 aromatic carbocycles. The summed E-state index contributed by atoms with van der Waals surface area (Å²) in [7, 11) is -6.50. The second-order valence-corrected chi connectivity index (χ2v) is 11.3. The van der Waals surface area contributed by atoms with E-state index in [-0.39, 0.29) is 48.2 Å². The summed E-state index contributed by atoms with van der Waals surface area (Å²) in [5.41, 5.74) is -0.116. The quantitative estimate of drug-likeness (QED) is 0.600. The molecule has 0 saturated carbocycles. The van der Waals surface area contributed by atoms with Gasteiger partial charge in [-0.2, -0.15) is 21.3 Å². The average molecular weight is 464 g/mol. The molecular weight excluding hydrogens is 434 g/mol. The highest BCUT2D eigenvalue weighted by molar-refractivity contribution is 7.89. The monoisotopic (exact) mass is 463 g/mol. The minimum atomic E-state index is -4.05. The molecule has 10 nitrogen and oxygen atoms in total. The van der Waals surface area contributed by atoms with Gasteiger partial charge in [0.25, 0.3) is 10.2 Å². The van der Waals surface area contributed by atoms with Crippen LogP contribution in [-0.4, -0.2) is 82.1 Å². The first-order chi connectivity index (χ1) is 14.1. The molecule has 30 heavy (non-hydrogen) atoms. The number of furan rings is 1. The van der Waals surface area contributed by atoms with Gasteiger partial charge >= 0.3 is 5.97 Å². The van der Waals surface area contributed by atoms with Crippen molar-refractivity contribution < 1.29 is 30.8 Å². The Bertz CT molecular complexity index is 985. The summed E-state index contributed by atoms with van der Waals surface area (Å²) in [6, 6.07) is 0. The molecule has 0 atom stereocenters. The molecule has 3 heterocycles. The molecule has 0 aliphatic carbocycles. The van der Waals surface area contributed by atoms with E-state index in [1.54, 1.807) is 0 Å². The number of rotatable bonds is 5. The van der Waals surface area contributed by atoms with Gasteiger partial charge in [-0.3, -0.25) is 0 Å². The number of sulfonamides is 1. The van der Waals surface area contributed by atoms with E-state index in [0.29, 0.717) is 13.1 Å². The van der Waals surface area contributed by atoms with Gasteiger partial charge in [-0.1, -0.05) is 12.8 Å². The predicted molar refractivity (Wildman–Crippen MR) is 109 cm³/mol. The number of methoxy groups -OCH3 is 1. The lowest BCUT2D eigenvalue weighted by Crippen LogP contribution is -2.54. The summed E-state index contributed by atoms with van der Waals surface area (Å²) < 4.78 is 66.6. The van der Waals surface area contributed by atoms with Crippen molar-refractivity contribution >= 4 is 26.2 Å². The van der Waals surface area contributed by atoms with Gasteiger partial charge in [-0.25, -0.2) is 13.2 Å². The average Bonchev–Trinajstić information content (AvgIpc) is 2.89. The summed E-state index contributed by atoms with van der Waals surface area (Å²) in [6.45, 7) is 4.09. The second kappa shape index (κ2) is 8.95. The molecule has 0 N–H and O–H groups in total. The highest BCUT2D eigenvalue weighted by atomic mass is 32.2. The van der Waals surface area contributed by atoms with Crippen molar-refractivity contribution in [3.05, 3.63) is 17.1 Å². The molecule has 12 heteroatoms. The first-order valence-electron chi connectivity index (χ1n) is 10.0. The lowest BCUT2D eigenvalue weighted by Gasteiger charge is -2.35. The molecule has 1 aromatic rings. The van der Waals surface area contributed by atoms with Crippen LogP contribution in [0.3, 0.4) is 0 Å². The number of nitrogens with zero attached hydrogens (tertiary/aromatic N) is 3. The Hall–Kier alpha value is -1.47. The van der Waals surface area contributed by atoms with Crippen LogP contribution in [0.4, 0.5) is 0 Å². The zero-order valence-electron chi connectivity index (χ0n) is 17.6. The van der Waals surface area contributed by atoms with Crippen molar-refractivity contribution in [3.8, 4) is 0 Å². The molecule has 2 aliphatic heterocycles. The molecule has 0 bridgehead atoms. The Morgan fingerprint density at radius 1 is 0.800 bits per heavy atom. The minimum absolute atomic E-state index is 0.000314. The molecule has 0 spiro atoms. The van der Waals surface area contributed by atoms with Gasteiger partial charge in [0.2, 0.25) is 10.0 Å². The third-order valence-electron chi connectivity index (χ3n) is 5.61. The largest absolute Gasteiger partial charge is 0.465 e. The molecule has 0 unspecified atom stereocenters. The van der Waals surface area contributed by atoms with Crippen LogP contribution >= 0.6 is 0 Å². The van der Waals surface area contributed by atoms with E-state index in [1.807, 2.05) is 0 Å². The van der Waals surface area contributed by atoms with Gasteiger partial charge in [0.05, 0.1) is 7.11 Å². The smallest absolute Gasteiger partial charge is 0.342 e. The van der Waals surface area contributed by atoms with Crippen LogP contribution in [0.5, 0.6) is 0 Å². The van der Waals surface area contributed by atoms with E-state index in [4.69, 9.17) is 9.15 Å². The summed E-state index contributed by atoms with van der Waals surface area (Å²) >= 11 is 0. The van der Waals surface area contributed by atoms with Gasteiger partial charge in [0, 0.05) is 39.3 Å². The molecule has 2 aliphatic rings. The summed E-state index contributed by atoms with van der Waals surface area (Å²) in [5.74, 6) is -0.516. The topological polar surface area (TPSA) is 117 Å². The van der Waals surface area contributed by atoms with Crippen molar-refractivity contribution in [1.82, 2.24) is 12.9 Å². The highest BCUT2D eigenvalue weighted by Gasteiger charge is 2.39. The fraction of sp³-hybridized carbons (Fsp3) is 0.722. The number of carbonyl (C=O) groups is 1. The van der Waals surface area contributed by atoms with Gasteiger partial charge < -0.3 is 9.15 Å². The van der Waals surface area contributed by atoms with E-state index in [2.05, 4.69) is 0 Å². The van der Waals surface area contributed by atoms with Crippen molar-refractivity contribution in [2.75, 3.05) is 46.4 Å². The maximum absolute atomic E-state index is 13.2. The molecule has 170 valence electrons. The van der Waals surface area contributed by atoms with Crippen molar-refractivity contribution in [2.45, 2.75) is 44.4 Å². The number of carbonyl (C=O) groups excluding carboxylic acids is 1. The van der Waals surface area contributed by atoms with Crippen LogP contribution in [0.25, 0.3) is 0 Å². The zero-order chi connectivity index (χ0) is 22.1. The number of hydrogen-bond acceptors (Lipinski definition) is 7. The van der Waals surface area contributed by atoms with Crippen molar-refractivity contribution in [2.24, 2.45) is 0 Å². The second-order valence-electron chi connectivity index (χ2n) is 7.53. The zero-order valence-corrected chi connectivity index (χ0v) is 19.2. The minimum Gasteiger partial charge on any atom is -0.465 e. The van der Waals surface area contributed by atoms with E-state index in [9.17, 15) is 21.6 Å². The predicted octanol–water partition coefficient (Wildman–Crippen LogP) is 1.11. The van der Waals surface area contributed by atoms with Crippen molar-refractivity contribution in [1.29, 1.82) is 0 Å². The Balaban J connectivity index is 1.79. The lowest BCUT2D eigenvalue weighted by molar-refractivity contribution is 0.0594. The molecule has 3 rings (SSSR count). The van der Waals surface area contributed by atoms with E-state index in [0.717, 1.165) is 25.7 Å². The van der Waals surface area contributed by atoms with E-state index in [1.165, 1.54) is 33.9 Å². The number of ether oxygens (including phenoxy) is 1.